The summed E-state index contributed by atoms with van der Waals surface area (Å²) < 4.78 is 102. The highest BCUT2D eigenvalue weighted by molar-refractivity contribution is 7.97. The zero-order valence-corrected chi connectivity index (χ0v) is 61.0. The SMILES string of the molecule is C=CC1(OC(=O)C(C)(C)CC)CCCC1.CCC(C)(C)C(=O)OC12CC3CC(CC(C3)C1)C2.CCC(C)(C)C(=O)OC1COC(=O)C1.CCC(C)(C)C(=O)Oc1ccc([S+](c2ccccc2)c2ccccc2)cc1.O=C(OC(CS(=O)(=O)[O-])C(F)(F)F)C12CC3CC(CC(C3)C1)C2. The Morgan fingerprint density at radius 2 is 0.990 bits per heavy atom. The Hall–Kier alpha value is -5.73. The summed E-state index contributed by atoms with van der Waals surface area (Å²) in [5.41, 5.74) is -3.02. The van der Waals surface area contributed by atoms with Crippen molar-refractivity contribution in [2.75, 3.05) is 12.4 Å². The average Bonchev–Trinajstić information content (AvgIpc) is 1.05. The van der Waals surface area contributed by atoms with Crippen LogP contribution in [0.25, 0.3) is 0 Å². The highest BCUT2D eigenvalue weighted by Crippen LogP contribution is 2.61. The van der Waals surface area contributed by atoms with Crippen molar-refractivity contribution in [3.63, 3.8) is 0 Å². The molecule has 3 aromatic carbocycles. The van der Waals surface area contributed by atoms with Crippen molar-refractivity contribution in [1.82, 2.24) is 0 Å². The second-order valence-corrected chi connectivity index (χ2v) is 34.8. The van der Waals surface area contributed by atoms with Gasteiger partial charge in [0.1, 0.15) is 29.7 Å². The van der Waals surface area contributed by atoms with Crippen molar-refractivity contribution in [2.24, 2.45) is 62.6 Å². The molecule has 9 aliphatic carbocycles. The van der Waals surface area contributed by atoms with Gasteiger partial charge in [0, 0.05) is 0 Å². The number of hydrogen-bond donors (Lipinski definition) is 0. The highest BCUT2D eigenvalue weighted by Gasteiger charge is 2.58. The molecule has 0 amide bonds. The monoisotopic (exact) mass is 1390 g/mol. The Labute approximate surface area is 577 Å². The minimum absolute atomic E-state index is 0.0342. The summed E-state index contributed by atoms with van der Waals surface area (Å²) >= 11 is 0. The lowest BCUT2D eigenvalue weighted by Gasteiger charge is -2.56. The Bertz CT molecular complexity index is 3170. The van der Waals surface area contributed by atoms with Gasteiger partial charge in [0.05, 0.1) is 60.3 Å². The maximum atomic E-state index is 12.9. The molecule has 97 heavy (non-hydrogen) atoms. The van der Waals surface area contributed by atoms with E-state index in [1.807, 2.05) is 107 Å². The third-order valence-corrected chi connectivity index (χ3v) is 24.9. The normalized spacial score (nSPS) is 26.2. The van der Waals surface area contributed by atoms with Crippen LogP contribution in [0.2, 0.25) is 0 Å². The molecule has 538 valence electrons. The minimum Gasteiger partial charge on any atom is -0.748 e. The number of rotatable bonds is 20. The van der Waals surface area contributed by atoms with Gasteiger partial charge in [-0.1, -0.05) is 70.7 Å². The summed E-state index contributed by atoms with van der Waals surface area (Å²) in [6, 6.07) is 28.9. The van der Waals surface area contributed by atoms with Gasteiger partial charge in [-0.25, -0.2) is 8.42 Å². The molecule has 15 nitrogen and oxygen atoms in total. The number of hydrogen-bond acceptors (Lipinski definition) is 15. The van der Waals surface area contributed by atoms with E-state index in [-0.39, 0.29) is 81.9 Å². The van der Waals surface area contributed by atoms with Gasteiger partial charge in [0.2, 0.25) is 6.10 Å². The van der Waals surface area contributed by atoms with Crippen molar-refractivity contribution in [3.05, 3.63) is 97.6 Å². The van der Waals surface area contributed by atoms with E-state index in [0.29, 0.717) is 49.2 Å². The zero-order chi connectivity index (χ0) is 71.6. The van der Waals surface area contributed by atoms with Crippen LogP contribution in [-0.4, -0.2) is 90.7 Å². The molecule has 13 rings (SSSR count). The van der Waals surface area contributed by atoms with Crippen LogP contribution in [0, 0.1) is 62.6 Å². The first-order chi connectivity index (χ1) is 45.3. The fourth-order valence-electron chi connectivity index (χ4n) is 15.0. The summed E-state index contributed by atoms with van der Waals surface area (Å²) in [6.07, 6.45) is 13.1. The molecule has 0 N–H and O–H groups in total. The van der Waals surface area contributed by atoms with Gasteiger partial charge in [-0.3, -0.25) is 28.8 Å². The summed E-state index contributed by atoms with van der Waals surface area (Å²) in [5, 5.41) is 0. The smallest absolute Gasteiger partial charge is 0.426 e. The molecule has 0 aromatic heterocycles. The fraction of sp³-hybridized carbons (Fsp3) is 0.662. The van der Waals surface area contributed by atoms with Gasteiger partial charge in [-0.05, 0) is 274 Å². The number of alkyl halides is 3. The number of esters is 6. The Morgan fingerprint density at radius 1 is 0.598 bits per heavy atom. The van der Waals surface area contributed by atoms with E-state index in [1.54, 1.807) is 0 Å². The van der Waals surface area contributed by atoms with Crippen molar-refractivity contribution in [1.29, 1.82) is 0 Å². The topological polar surface area (TPSA) is 215 Å². The molecule has 1 saturated heterocycles. The van der Waals surface area contributed by atoms with Crippen molar-refractivity contribution in [3.8, 4) is 5.75 Å². The molecule has 9 saturated carbocycles. The van der Waals surface area contributed by atoms with Crippen molar-refractivity contribution < 1.29 is 83.3 Å². The molecule has 2 atom stereocenters. The molecule has 0 spiro atoms. The Morgan fingerprint density at radius 3 is 1.37 bits per heavy atom. The van der Waals surface area contributed by atoms with Crippen LogP contribution in [-0.2, 0) is 73.5 Å². The number of carbonyl (C=O) groups excluding carboxylic acids is 6. The maximum Gasteiger partial charge on any atom is 0.426 e. The molecule has 2 unspecified atom stereocenters. The van der Waals surface area contributed by atoms with E-state index in [2.05, 4.69) is 78.9 Å². The van der Waals surface area contributed by atoms with Gasteiger partial charge in [0.15, 0.2) is 14.7 Å². The zero-order valence-electron chi connectivity index (χ0n) is 59.3. The number of benzene rings is 3. The molecule has 0 radical (unpaired) electrons. The lowest BCUT2D eigenvalue weighted by molar-refractivity contribution is -0.226. The van der Waals surface area contributed by atoms with Crippen LogP contribution < -0.4 is 4.74 Å². The van der Waals surface area contributed by atoms with Gasteiger partial charge in [-0.15, -0.1) is 0 Å². The van der Waals surface area contributed by atoms with Crippen LogP contribution >= 0.6 is 0 Å². The molecule has 10 fully saturated rings. The quantitative estimate of drug-likeness (QED) is 0.0257. The lowest BCUT2D eigenvalue weighted by atomic mass is 9.49. The lowest BCUT2D eigenvalue weighted by Crippen LogP contribution is -2.53. The van der Waals surface area contributed by atoms with E-state index in [9.17, 15) is 54.9 Å². The van der Waals surface area contributed by atoms with Gasteiger partial charge in [-0.2, -0.15) is 13.2 Å². The molecule has 1 aliphatic heterocycles. The molecule has 10 aliphatic rings. The molecule has 3 aromatic rings. The van der Waals surface area contributed by atoms with Gasteiger partial charge in [0.25, 0.3) is 0 Å². The van der Waals surface area contributed by atoms with E-state index in [4.69, 9.17) is 23.7 Å². The summed E-state index contributed by atoms with van der Waals surface area (Å²) in [4.78, 5) is 75.1. The van der Waals surface area contributed by atoms with Crippen molar-refractivity contribution >= 4 is 56.8 Å². The first-order valence-corrected chi connectivity index (χ1v) is 38.0. The minimum atomic E-state index is -5.16. The predicted octanol–water partition coefficient (Wildman–Crippen LogP) is 17.0. The van der Waals surface area contributed by atoms with E-state index >= 15 is 0 Å². The largest absolute Gasteiger partial charge is 0.748 e. The van der Waals surface area contributed by atoms with Crippen molar-refractivity contribution in [2.45, 2.75) is 262 Å². The summed E-state index contributed by atoms with van der Waals surface area (Å²) in [5.74, 6) is 0.564. The number of carbonyl (C=O) groups is 6. The Kier molecular flexibility index (Phi) is 26.2. The first kappa shape index (κ1) is 78.6. The highest BCUT2D eigenvalue weighted by atomic mass is 32.2. The fourth-order valence-corrected chi connectivity index (χ4v) is 17.7. The number of halogens is 3. The molecular weight excluding hydrogens is 1290 g/mol. The predicted molar refractivity (Wildman–Crippen MR) is 364 cm³/mol. The maximum absolute atomic E-state index is 12.9. The van der Waals surface area contributed by atoms with Gasteiger partial charge < -0.3 is 33.0 Å². The summed E-state index contributed by atoms with van der Waals surface area (Å²) in [6.45, 7) is 27.4. The molecule has 1 heterocycles. The van der Waals surface area contributed by atoms with E-state index in [1.165, 1.54) is 33.9 Å². The third-order valence-electron chi connectivity index (χ3n) is 21.9. The van der Waals surface area contributed by atoms with Crippen LogP contribution in [0.5, 0.6) is 5.75 Å². The van der Waals surface area contributed by atoms with E-state index in [0.717, 1.165) is 101 Å². The van der Waals surface area contributed by atoms with Crippen LogP contribution in [0.4, 0.5) is 13.2 Å². The molecule has 20 heteroatoms. The first-order valence-electron chi connectivity index (χ1n) is 35.2. The second-order valence-electron chi connectivity index (χ2n) is 31.4. The average molecular weight is 1390 g/mol. The Balaban J connectivity index is 0.000000175. The van der Waals surface area contributed by atoms with Crippen LogP contribution in [0.1, 0.15) is 218 Å². The molecule has 8 bridgehead atoms. The van der Waals surface area contributed by atoms with Crippen LogP contribution in [0.3, 0.4) is 0 Å². The summed E-state index contributed by atoms with van der Waals surface area (Å²) in [7, 11) is -5.35. The second kappa shape index (κ2) is 32.3. The standard InChI is InChI=1S/C24H25O2S.C16H26O2.C14H19F3O5S.C13H22O2.C10H16O4/c1-4-24(2,3)23(25)26-19-15-17-22(18-16-19)27(20-11-7-5-8-12-20)21-13-9-6-10-14-21;1-4-15(2,3)14(17)18-16-8-11-5-12(9-16)7-13(6-11)10-16;15-14(16,17)11(7-23(19,20)21)22-12(18)13-4-8-1-9(5-13)3-10(2-8)6-13;1-5-12(3,4)11(14)15-13(6-2)9-7-8-10-13;1-4-10(2,3)9(12)14-7-5-8(11)13-6-7/h5-18H,4H2,1-3H3;11-13H,4-10H2,1-3H3;8-11H,1-7H2,(H,19,20,21);6H,2,5,7-10H2,1,3-4H3;7H,4-6H2,1-3H3/q+1;;;;/p-1. The number of cyclic esters (lactones) is 1. The van der Waals surface area contributed by atoms with Crippen LogP contribution in [0.15, 0.2) is 112 Å². The molecular formula is C77H107F3O15S2. The third kappa shape index (κ3) is 21.2. The van der Waals surface area contributed by atoms with Gasteiger partial charge >= 0.3 is 42.0 Å². The number of ether oxygens (including phenoxy) is 6. The van der Waals surface area contributed by atoms with E-state index < -0.39 is 50.4 Å².